The first-order valence-corrected chi connectivity index (χ1v) is 16.7. The van der Waals surface area contributed by atoms with Gasteiger partial charge in [0, 0.05) is 31.2 Å². The highest BCUT2D eigenvalue weighted by Crippen LogP contribution is 2.47. The minimum Gasteiger partial charge on any atom is -0.480 e. The highest BCUT2D eigenvalue weighted by atomic mass is 16.5. The van der Waals surface area contributed by atoms with Gasteiger partial charge >= 0.3 is 5.97 Å². The van der Waals surface area contributed by atoms with E-state index in [1.165, 1.54) is 44.9 Å². The fourth-order valence-corrected chi connectivity index (χ4v) is 9.67. The third kappa shape index (κ3) is 4.96. The Labute approximate surface area is 249 Å². The fraction of sp³-hybridized carbons (Fsp3) is 0.735. The summed E-state index contributed by atoms with van der Waals surface area (Å²) in [6.45, 7) is 8.36. The van der Waals surface area contributed by atoms with Crippen molar-refractivity contribution in [2.24, 2.45) is 23.7 Å². The largest absolute Gasteiger partial charge is 0.480 e. The monoisotopic (exact) mass is 576 g/mol. The summed E-state index contributed by atoms with van der Waals surface area (Å²) in [5, 5.41) is 9.76. The summed E-state index contributed by atoms with van der Waals surface area (Å²) in [5.41, 5.74) is 1.48. The van der Waals surface area contributed by atoms with Crippen LogP contribution in [0.4, 0.5) is 5.82 Å². The number of ether oxygens (including phenoxy) is 1. The van der Waals surface area contributed by atoms with Crippen molar-refractivity contribution in [2.45, 2.75) is 121 Å². The zero-order valence-corrected chi connectivity index (χ0v) is 25.5. The Morgan fingerprint density at radius 3 is 2.40 bits per heavy atom. The Morgan fingerprint density at radius 2 is 1.74 bits per heavy atom. The number of piperidine rings is 1. The van der Waals surface area contributed by atoms with E-state index in [4.69, 9.17) is 9.72 Å². The fourth-order valence-electron chi connectivity index (χ4n) is 9.67. The number of rotatable bonds is 5. The molecule has 0 spiro atoms. The number of anilines is 1. The van der Waals surface area contributed by atoms with E-state index in [9.17, 15) is 14.7 Å². The molecule has 0 amide bonds. The standard InChI is InChI=1S/C34H48N4O4/c1-4-22-14-23-9-10-24(15-22)17-26(16-23)37-19-25-13-20(2)42-21(3)30(37)18-31(25)38-28-8-6-5-7-27(28)35-32(33(38)39)36-12-11-29(36)34(40)41/h5-8,20-26,29-31H,4,9-19H2,1-3H3,(H,40,41). The maximum Gasteiger partial charge on any atom is 0.326 e. The van der Waals surface area contributed by atoms with E-state index in [1.54, 1.807) is 4.90 Å². The molecule has 2 saturated carbocycles. The molecule has 8 heteroatoms. The van der Waals surface area contributed by atoms with Crippen LogP contribution < -0.4 is 10.5 Å². The van der Waals surface area contributed by atoms with Gasteiger partial charge in [0.25, 0.3) is 5.56 Å². The number of carboxylic acids is 1. The van der Waals surface area contributed by atoms with E-state index in [0.717, 1.165) is 48.2 Å². The zero-order valence-electron chi connectivity index (χ0n) is 25.5. The predicted molar refractivity (Wildman–Crippen MR) is 164 cm³/mol. The molecule has 42 heavy (non-hydrogen) atoms. The van der Waals surface area contributed by atoms with Gasteiger partial charge in [0.2, 0.25) is 0 Å². The Bertz CT molecular complexity index is 1360. The number of nitrogens with zero attached hydrogens (tertiary/aromatic N) is 4. The van der Waals surface area contributed by atoms with Crippen LogP contribution >= 0.6 is 0 Å². The molecule has 4 bridgehead atoms. The number of benzene rings is 1. The smallest absolute Gasteiger partial charge is 0.326 e. The van der Waals surface area contributed by atoms with Crippen molar-refractivity contribution in [3.8, 4) is 0 Å². The molecular formula is C34H48N4O4. The van der Waals surface area contributed by atoms with Gasteiger partial charge < -0.3 is 19.3 Å². The molecule has 4 saturated heterocycles. The molecule has 8 unspecified atom stereocenters. The number of aromatic nitrogens is 2. The number of carboxylic acid groups (broad SMARTS) is 1. The third-order valence-corrected chi connectivity index (χ3v) is 11.8. The number of para-hydroxylation sites is 2. The van der Waals surface area contributed by atoms with Gasteiger partial charge in [0.15, 0.2) is 5.82 Å². The van der Waals surface area contributed by atoms with Crippen molar-refractivity contribution >= 4 is 22.8 Å². The molecule has 2 aliphatic carbocycles. The van der Waals surface area contributed by atoms with E-state index in [2.05, 4.69) is 25.7 Å². The number of hydrogen-bond acceptors (Lipinski definition) is 6. The van der Waals surface area contributed by atoms with Crippen molar-refractivity contribution in [1.29, 1.82) is 0 Å². The van der Waals surface area contributed by atoms with Gasteiger partial charge in [-0.3, -0.25) is 9.69 Å². The average molecular weight is 577 g/mol. The van der Waals surface area contributed by atoms with E-state index in [-0.39, 0.29) is 35.8 Å². The Morgan fingerprint density at radius 1 is 1.00 bits per heavy atom. The molecule has 1 aromatic heterocycles. The molecular weight excluding hydrogens is 528 g/mol. The Balaban J connectivity index is 1.26. The minimum atomic E-state index is -0.888. The Kier molecular flexibility index (Phi) is 7.58. The molecule has 1 aromatic carbocycles. The number of fused-ring (bicyclic) bond motifs is 9. The van der Waals surface area contributed by atoms with Gasteiger partial charge in [0.1, 0.15) is 6.04 Å². The topological polar surface area (TPSA) is 87.9 Å². The van der Waals surface area contributed by atoms with E-state index < -0.39 is 12.0 Å². The van der Waals surface area contributed by atoms with Gasteiger partial charge in [0.05, 0.1) is 23.2 Å². The summed E-state index contributed by atoms with van der Waals surface area (Å²) in [6, 6.07) is 8.10. The van der Waals surface area contributed by atoms with Crippen LogP contribution in [0.2, 0.25) is 0 Å². The second-order valence-corrected chi connectivity index (χ2v) is 14.3. The van der Waals surface area contributed by atoms with Crippen LogP contribution in [0, 0.1) is 23.7 Å². The van der Waals surface area contributed by atoms with Crippen molar-refractivity contribution in [3.63, 3.8) is 0 Å². The van der Waals surface area contributed by atoms with Crippen LogP contribution in [0.25, 0.3) is 11.0 Å². The molecule has 6 aliphatic rings. The number of aliphatic carboxylic acids is 1. The van der Waals surface area contributed by atoms with Crippen LogP contribution in [0.15, 0.2) is 29.1 Å². The van der Waals surface area contributed by atoms with Crippen LogP contribution in [0.3, 0.4) is 0 Å². The third-order valence-electron chi connectivity index (χ3n) is 11.8. The minimum absolute atomic E-state index is 0.0264. The molecule has 5 heterocycles. The van der Waals surface area contributed by atoms with Crippen LogP contribution in [0.5, 0.6) is 0 Å². The maximum atomic E-state index is 14.4. The highest BCUT2D eigenvalue weighted by molar-refractivity contribution is 5.81. The molecule has 2 aromatic rings. The van der Waals surface area contributed by atoms with Gasteiger partial charge in [-0.2, -0.15) is 0 Å². The zero-order chi connectivity index (χ0) is 29.1. The van der Waals surface area contributed by atoms with E-state index in [0.29, 0.717) is 24.8 Å². The van der Waals surface area contributed by atoms with Crippen molar-refractivity contribution in [2.75, 3.05) is 18.0 Å². The van der Waals surface area contributed by atoms with Crippen LogP contribution in [-0.2, 0) is 9.53 Å². The van der Waals surface area contributed by atoms with E-state index >= 15 is 0 Å². The summed E-state index contributed by atoms with van der Waals surface area (Å²) in [7, 11) is 0. The number of carbonyl (C=O) groups is 1. The molecule has 8 atom stereocenters. The molecule has 1 N–H and O–H groups in total. The average Bonchev–Trinajstić information content (AvgIpc) is 3.24. The summed E-state index contributed by atoms with van der Waals surface area (Å²) in [5.74, 6) is 2.24. The first-order valence-electron chi connectivity index (χ1n) is 16.7. The predicted octanol–water partition coefficient (Wildman–Crippen LogP) is 5.48. The lowest BCUT2D eigenvalue weighted by Gasteiger charge is -2.53. The van der Waals surface area contributed by atoms with Gasteiger partial charge in [-0.15, -0.1) is 0 Å². The maximum absolute atomic E-state index is 14.4. The molecule has 0 radical (unpaired) electrons. The summed E-state index contributed by atoms with van der Waals surface area (Å²) in [6.07, 6.45) is 12.0. The molecule has 8 nitrogen and oxygen atoms in total. The van der Waals surface area contributed by atoms with Crippen molar-refractivity contribution in [3.05, 3.63) is 34.6 Å². The van der Waals surface area contributed by atoms with Crippen LogP contribution in [0.1, 0.15) is 91.0 Å². The van der Waals surface area contributed by atoms with Gasteiger partial charge in [-0.1, -0.05) is 38.3 Å². The van der Waals surface area contributed by atoms with Crippen molar-refractivity contribution < 1.29 is 14.6 Å². The van der Waals surface area contributed by atoms with Crippen molar-refractivity contribution in [1.82, 2.24) is 14.5 Å². The molecule has 228 valence electrons. The second-order valence-electron chi connectivity index (χ2n) is 14.3. The summed E-state index contributed by atoms with van der Waals surface area (Å²) < 4.78 is 8.64. The molecule has 6 fully saturated rings. The van der Waals surface area contributed by atoms with E-state index in [1.807, 2.05) is 28.8 Å². The quantitative estimate of drug-likeness (QED) is 0.504. The second kappa shape index (κ2) is 11.2. The highest BCUT2D eigenvalue weighted by Gasteiger charge is 2.47. The summed E-state index contributed by atoms with van der Waals surface area (Å²) >= 11 is 0. The normalized spacial score (nSPS) is 38.9. The van der Waals surface area contributed by atoms with Gasteiger partial charge in [-0.05, 0) is 94.6 Å². The summed E-state index contributed by atoms with van der Waals surface area (Å²) in [4.78, 5) is 35.6. The lowest BCUT2D eigenvalue weighted by Crippen LogP contribution is -2.60. The van der Waals surface area contributed by atoms with Gasteiger partial charge in [-0.25, -0.2) is 9.78 Å². The molecule has 4 aliphatic heterocycles. The number of hydrogen-bond donors (Lipinski definition) is 1. The SMILES string of the molecule is CCC1CC2CCC(C1)CC(N1CC3CC(C)OC(C)C1CC3n1c(=O)c(N3CCC3C(=O)O)nc3ccccc31)C2. The Hall–Kier alpha value is -2.45. The van der Waals surface area contributed by atoms with Crippen LogP contribution in [-0.4, -0.2) is 68.9 Å². The first-order chi connectivity index (χ1) is 20.3. The first kappa shape index (κ1) is 28.3. The lowest BCUT2D eigenvalue weighted by atomic mass is 9.76. The molecule has 8 rings (SSSR count). The lowest BCUT2D eigenvalue weighted by molar-refractivity contribution is -0.140.